The molecule has 0 bridgehead atoms. The van der Waals surface area contributed by atoms with Crippen LogP contribution >= 0.6 is 0 Å². The number of rotatable bonds is 3. The molecule has 0 aliphatic carbocycles. The van der Waals surface area contributed by atoms with Gasteiger partial charge < -0.3 is 9.63 Å². The topological polar surface area (TPSA) is 87.1 Å². The lowest BCUT2D eigenvalue weighted by Crippen LogP contribution is -1.98. The summed E-state index contributed by atoms with van der Waals surface area (Å²) in [6, 6.07) is 17.3. The molecule has 0 saturated carbocycles. The summed E-state index contributed by atoms with van der Waals surface area (Å²) in [5.41, 5.74) is 2.42. The second-order valence-electron chi connectivity index (χ2n) is 4.62. The van der Waals surface area contributed by atoms with Crippen molar-refractivity contribution in [3.8, 4) is 28.7 Å². The van der Waals surface area contributed by atoms with E-state index in [-0.39, 0.29) is 5.56 Å². The molecule has 0 unspecified atom stereocenters. The lowest BCUT2D eigenvalue weighted by molar-refractivity contribution is 0.0697. The van der Waals surface area contributed by atoms with Gasteiger partial charge in [0.2, 0.25) is 0 Å². The maximum absolute atomic E-state index is 11.3. The first-order valence-corrected chi connectivity index (χ1v) is 6.49. The van der Waals surface area contributed by atoms with E-state index in [1.165, 1.54) is 6.07 Å². The van der Waals surface area contributed by atoms with Crippen LogP contribution < -0.4 is 0 Å². The van der Waals surface area contributed by atoms with Crippen molar-refractivity contribution in [2.45, 2.75) is 0 Å². The van der Waals surface area contributed by atoms with Crippen molar-refractivity contribution in [1.82, 2.24) is 5.16 Å². The number of hydrogen-bond donors (Lipinski definition) is 1. The van der Waals surface area contributed by atoms with Gasteiger partial charge in [-0.1, -0.05) is 35.5 Å². The van der Waals surface area contributed by atoms with Crippen molar-refractivity contribution in [1.29, 1.82) is 5.26 Å². The van der Waals surface area contributed by atoms with Crippen LogP contribution in [0.25, 0.3) is 22.6 Å². The zero-order valence-corrected chi connectivity index (χ0v) is 11.4. The Morgan fingerprint density at radius 3 is 2.73 bits per heavy atom. The maximum atomic E-state index is 11.3. The zero-order valence-electron chi connectivity index (χ0n) is 11.4. The van der Waals surface area contributed by atoms with Gasteiger partial charge in [-0.2, -0.15) is 5.26 Å². The van der Waals surface area contributed by atoms with Crippen molar-refractivity contribution in [3.05, 3.63) is 65.7 Å². The Bertz CT molecular complexity index is 891. The quantitative estimate of drug-likeness (QED) is 0.796. The Balaban J connectivity index is 2.05. The van der Waals surface area contributed by atoms with Gasteiger partial charge in [0, 0.05) is 17.2 Å². The average Bonchev–Trinajstić information content (AvgIpc) is 3.05. The van der Waals surface area contributed by atoms with Crippen LogP contribution in [0, 0.1) is 11.3 Å². The third-order valence-electron chi connectivity index (χ3n) is 3.22. The molecule has 5 nitrogen and oxygen atoms in total. The molecule has 0 spiro atoms. The van der Waals surface area contributed by atoms with Crippen molar-refractivity contribution in [3.63, 3.8) is 0 Å². The molecule has 0 radical (unpaired) electrons. The van der Waals surface area contributed by atoms with Crippen molar-refractivity contribution in [2.24, 2.45) is 0 Å². The first-order chi connectivity index (χ1) is 10.7. The lowest BCUT2D eigenvalue weighted by atomic mass is 10.0. The Hall–Kier alpha value is -3.39. The molecule has 1 N–H and O–H groups in total. The highest BCUT2D eigenvalue weighted by molar-refractivity contribution is 5.95. The number of carboxylic acids is 1. The summed E-state index contributed by atoms with van der Waals surface area (Å²) in [5, 5.41) is 22.1. The molecule has 1 aromatic heterocycles. The minimum atomic E-state index is -1.03. The van der Waals surface area contributed by atoms with Crippen molar-refractivity contribution in [2.75, 3.05) is 0 Å². The smallest absolute Gasteiger partial charge is 0.336 e. The van der Waals surface area contributed by atoms with Gasteiger partial charge in [0.1, 0.15) is 5.69 Å². The van der Waals surface area contributed by atoms with Gasteiger partial charge in [0.05, 0.1) is 17.2 Å². The molecule has 0 atom stereocenters. The van der Waals surface area contributed by atoms with Crippen LogP contribution in [0.15, 0.2) is 59.1 Å². The molecule has 0 fully saturated rings. The van der Waals surface area contributed by atoms with Crippen molar-refractivity contribution >= 4 is 5.97 Å². The number of nitriles is 1. The van der Waals surface area contributed by atoms with E-state index in [1.54, 1.807) is 42.5 Å². The molecule has 2 aromatic carbocycles. The second kappa shape index (κ2) is 5.54. The summed E-state index contributed by atoms with van der Waals surface area (Å²) in [6.45, 7) is 0. The van der Waals surface area contributed by atoms with E-state index in [9.17, 15) is 9.90 Å². The van der Waals surface area contributed by atoms with Crippen LogP contribution in [0.1, 0.15) is 15.9 Å². The Kier molecular flexibility index (Phi) is 3.42. The monoisotopic (exact) mass is 290 g/mol. The minimum Gasteiger partial charge on any atom is -0.478 e. The molecule has 3 rings (SSSR count). The Labute approximate surface area is 126 Å². The molecule has 5 heteroatoms. The normalized spacial score (nSPS) is 10.1. The van der Waals surface area contributed by atoms with Crippen LogP contribution in [-0.4, -0.2) is 16.2 Å². The number of nitrogens with zero attached hydrogens (tertiary/aromatic N) is 2. The van der Waals surface area contributed by atoms with Crippen LogP contribution in [-0.2, 0) is 0 Å². The van der Waals surface area contributed by atoms with E-state index in [4.69, 9.17) is 9.78 Å². The number of carbonyl (C=O) groups is 1. The molecule has 0 aliphatic rings. The molecule has 1 heterocycles. The first kappa shape index (κ1) is 13.6. The largest absolute Gasteiger partial charge is 0.478 e. The summed E-state index contributed by atoms with van der Waals surface area (Å²) in [7, 11) is 0. The molecule has 0 amide bonds. The average molecular weight is 290 g/mol. The van der Waals surface area contributed by atoms with Crippen LogP contribution in [0.2, 0.25) is 0 Å². The van der Waals surface area contributed by atoms with E-state index in [0.29, 0.717) is 22.6 Å². The zero-order chi connectivity index (χ0) is 15.5. The fourth-order valence-electron chi connectivity index (χ4n) is 2.17. The van der Waals surface area contributed by atoms with Crippen molar-refractivity contribution < 1.29 is 14.4 Å². The predicted octanol–water partition coefficient (Wildman–Crippen LogP) is 3.58. The molecule has 0 saturated heterocycles. The summed E-state index contributed by atoms with van der Waals surface area (Å²) >= 11 is 0. The molecule has 22 heavy (non-hydrogen) atoms. The standard InChI is InChI=1S/C17H10N2O3/c18-10-11-4-3-5-12(8-11)15-9-16(22-19-15)13-6-1-2-7-14(13)17(20)21/h1-9H,(H,20,21). The second-order valence-corrected chi connectivity index (χ2v) is 4.62. The SMILES string of the molecule is N#Cc1cccc(-c2cc(-c3ccccc3C(=O)O)on2)c1. The van der Waals surface area contributed by atoms with Gasteiger partial charge in [-0.15, -0.1) is 0 Å². The number of benzene rings is 2. The van der Waals surface area contributed by atoms with Crippen LogP contribution in [0.3, 0.4) is 0 Å². The summed E-state index contributed by atoms with van der Waals surface area (Å²) in [6.07, 6.45) is 0. The highest BCUT2D eigenvalue weighted by atomic mass is 16.5. The first-order valence-electron chi connectivity index (χ1n) is 6.49. The third-order valence-corrected chi connectivity index (χ3v) is 3.22. The van der Waals surface area contributed by atoms with E-state index in [0.717, 1.165) is 5.56 Å². The summed E-state index contributed by atoms with van der Waals surface area (Å²) < 4.78 is 5.27. The fraction of sp³-hybridized carbons (Fsp3) is 0. The highest BCUT2D eigenvalue weighted by Gasteiger charge is 2.15. The van der Waals surface area contributed by atoms with E-state index in [2.05, 4.69) is 11.2 Å². The number of hydrogen-bond acceptors (Lipinski definition) is 4. The van der Waals surface area contributed by atoms with E-state index < -0.39 is 5.97 Å². The lowest BCUT2D eigenvalue weighted by Gasteiger charge is -2.00. The number of aromatic carboxylic acids is 1. The van der Waals surface area contributed by atoms with Gasteiger partial charge in [-0.05, 0) is 18.2 Å². The van der Waals surface area contributed by atoms with Crippen LogP contribution in [0.5, 0.6) is 0 Å². The molecule has 0 aliphatic heterocycles. The number of carboxylic acid groups (broad SMARTS) is 1. The van der Waals surface area contributed by atoms with E-state index >= 15 is 0 Å². The molecule has 3 aromatic rings. The molecular formula is C17H10N2O3. The van der Waals surface area contributed by atoms with Gasteiger partial charge in [-0.3, -0.25) is 0 Å². The van der Waals surface area contributed by atoms with Gasteiger partial charge in [-0.25, -0.2) is 4.79 Å². The van der Waals surface area contributed by atoms with E-state index in [1.807, 2.05) is 6.07 Å². The van der Waals surface area contributed by atoms with Gasteiger partial charge in [0.25, 0.3) is 0 Å². The number of aromatic nitrogens is 1. The summed E-state index contributed by atoms with van der Waals surface area (Å²) in [5.74, 6) is -0.657. The predicted molar refractivity (Wildman–Crippen MR) is 79.0 cm³/mol. The summed E-state index contributed by atoms with van der Waals surface area (Å²) in [4.78, 5) is 11.3. The molecule has 106 valence electrons. The fourth-order valence-corrected chi connectivity index (χ4v) is 2.17. The maximum Gasteiger partial charge on any atom is 0.336 e. The third kappa shape index (κ3) is 2.45. The Morgan fingerprint density at radius 1 is 1.14 bits per heavy atom. The highest BCUT2D eigenvalue weighted by Crippen LogP contribution is 2.28. The Morgan fingerprint density at radius 2 is 1.95 bits per heavy atom. The van der Waals surface area contributed by atoms with Gasteiger partial charge in [0.15, 0.2) is 5.76 Å². The van der Waals surface area contributed by atoms with Crippen LogP contribution in [0.4, 0.5) is 0 Å². The van der Waals surface area contributed by atoms with Gasteiger partial charge >= 0.3 is 5.97 Å². The molecular weight excluding hydrogens is 280 g/mol. The minimum absolute atomic E-state index is 0.149.